The van der Waals surface area contributed by atoms with Crippen molar-refractivity contribution in [3.05, 3.63) is 87.6 Å². The average Bonchev–Trinajstić information content (AvgIpc) is 3.20. The molecule has 2 aromatic carbocycles. The zero-order chi connectivity index (χ0) is 18.5. The first-order valence-electron chi connectivity index (χ1n) is 8.35. The van der Waals surface area contributed by atoms with Crippen molar-refractivity contribution >= 4 is 28.9 Å². The fourth-order valence-electron chi connectivity index (χ4n) is 2.86. The van der Waals surface area contributed by atoms with Crippen LogP contribution in [0.3, 0.4) is 0 Å². The number of benzene rings is 2. The second-order valence-electron chi connectivity index (χ2n) is 5.86. The molecule has 0 saturated heterocycles. The Labute approximate surface area is 156 Å². The molecule has 26 heavy (non-hydrogen) atoms. The number of carbonyl (C=O) groups is 2. The first-order chi connectivity index (χ1) is 12.6. The number of rotatable bonds is 6. The maximum absolute atomic E-state index is 13.1. The molecule has 3 rings (SSSR count). The number of nitrogens with zero attached hydrogens (tertiary/aromatic N) is 1. The van der Waals surface area contributed by atoms with Gasteiger partial charge in [-0.1, -0.05) is 43.3 Å². The maximum Gasteiger partial charge on any atom is 0.335 e. The van der Waals surface area contributed by atoms with Crippen molar-refractivity contribution in [2.45, 2.75) is 19.9 Å². The second-order valence-corrected chi connectivity index (χ2v) is 6.80. The van der Waals surface area contributed by atoms with Crippen LogP contribution in [0.4, 0.5) is 5.69 Å². The van der Waals surface area contributed by atoms with Crippen LogP contribution in [-0.4, -0.2) is 17.0 Å². The first-order valence-corrected chi connectivity index (χ1v) is 9.23. The van der Waals surface area contributed by atoms with Crippen molar-refractivity contribution < 1.29 is 14.7 Å². The number of aromatic carboxylic acids is 1. The minimum atomic E-state index is -0.975. The lowest BCUT2D eigenvalue weighted by Gasteiger charge is -2.25. The van der Waals surface area contributed by atoms with Gasteiger partial charge in [-0.15, -0.1) is 11.3 Å². The van der Waals surface area contributed by atoms with Crippen molar-refractivity contribution in [3.63, 3.8) is 0 Å². The molecule has 0 spiro atoms. The number of carboxylic acids is 1. The predicted molar refractivity (Wildman–Crippen MR) is 104 cm³/mol. The smallest absolute Gasteiger partial charge is 0.335 e. The summed E-state index contributed by atoms with van der Waals surface area (Å²) in [6.07, 6.45) is 0.805. The van der Waals surface area contributed by atoms with Gasteiger partial charge in [-0.2, -0.15) is 0 Å². The number of carbonyl (C=O) groups excluding carboxylic acids is 1. The van der Waals surface area contributed by atoms with Gasteiger partial charge in [-0.25, -0.2) is 4.79 Å². The maximum atomic E-state index is 13.1. The molecule has 0 saturated carbocycles. The SMILES string of the molecule is CCc1ccccc1N(Cc1cccc(C(=O)O)c1)C(=O)c1cccs1. The number of hydrogen-bond donors (Lipinski definition) is 1. The Kier molecular flexibility index (Phi) is 5.49. The fraction of sp³-hybridized carbons (Fsp3) is 0.143. The summed E-state index contributed by atoms with van der Waals surface area (Å²) >= 11 is 1.40. The molecule has 0 fully saturated rings. The molecule has 4 nitrogen and oxygen atoms in total. The number of anilines is 1. The van der Waals surface area contributed by atoms with E-state index in [1.54, 1.807) is 23.1 Å². The Balaban J connectivity index is 2.02. The molecule has 0 bridgehead atoms. The highest BCUT2D eigenvalue weighted by atomic mass is 32.1. The van der Waals surface area contributed by atoms with Crippen LogP contribution >= 0.6 is 11.3 Å². The molecule has 0 aliphatic carbocycles. The van der Waals surface area contributed by atoms with Crippen LogP contribution in [0, 0.1) is 0 Å². The number of amides is 1. The number of para-hydroxylation sites is 1. The van der Waals surface area contributed by atoms with Gasteiger partial charge in [0.15, 0.2) is 0 Å². The van der Waals surface area contributed by atoms with Gasteiger partial charge in [-0.3, -0.25) is 4.79 Å². The van der Waals surface area contributed by atoms with E-state index in [-0.39, 0.29) is 11.5 Å². The Morgan fingerprint density at radius 3 is 2.54 bits per heavy atom. The predicted octanol–water partition coefficient (Wildman–Crippen LogP) is 4.86. The quantitative estimate of drug-likeness (QED) is 0.679. The van der Waals surface area contributed by atoms with E-state index in [1.807, 2.05) is 47.8 Å². The normalized spacial score (nSPS) is 10.5. The molecule has 0 aliphatic heterocycles. The molecular weight excluding hydrogens is 346 g/mol. The summed E-state index contributed by atoms with van der Waals surface area (Å²) in [7, 11) is 0. The van der Waals surface area contributed by atoms with Gasteiger partial charge in [0.05, 0.1) is 17.0 Å². The summed E-state index contributed by atoms with van der Waals surface area (Å²) in [6.45, 7) is 2.37. The molecule has 0 atom stereocenters. The zero-order valence-electron chi connectivity index (χ0n) is 14.4. The van der Waals surface area contributed by atoms with E-state index in [0.29, 0.717) is 11.4 Å². The van der Waals surface area contributed by atoms with Crippen LogP contribution in [0.5, 0.6) is 0 Å². The lowest BCUT2D eigenvalue weighted by Crippen LogP contribution is -2.30. The molecule has 1 heterocycles. The van der Waals surface area contributed by atoms with E-state index >= 15 is 0 Å². The van der Waals surface area contributed by atoms with Gasteiger partial charge in [0, 0.05) is 5.69 Å². The van der Waals surface area contributed by atoms with E-state index in [1.165, 1.54) is 11.3 Å². The lowest BCUT2D eigenvalue weighted by atomic mass is 10.1. The molecule has 3 aromatic rings. The summed E-state index contributed by atoms with van der Waals surface area (Å²) in [5.74, 6) is -1.06. The Morgan fingerprint density at radius 1 is 1.04 bits per heavy atom. The van der Waals surface area contributed by atoms with Crippen LogP contribution < -0.4 is 4.90 Å². The Morgan fingerprint density at radius 2 is 1.85 bits per heavy atom. The van der Waals surface area contributed by atoms with Gasteiger partial charge in [-0.05, 0) is 47.2 Å². The number of thiophene rings is 1. The van der Waals surface area contributed by atoms with Crippen LogP contribution in [0.15, 0.2) is 66.0 Å². The molecule has 1 amide bonds. The second kappa shape index (κ2) is 7.97. The molecular formula is C21H19NO3S. The van der Waals surface area contributed by atoms with Crippen molar-refractivity contribution in [2.24, 2.45) is 0 Å². The van der Waals surface area contributed by atoms with Gasteiger partial charge < -0.3 is 10.0 Å². The Hall–Kier alpha value is -2.92. The fourth-order valence-corrected chi connectivity index (χ4v) is 3.53. The molecule has 132 valence electrons. The molecule has 5 heteroatoms. The zero-order valence-corrected chi connectivity index (χ0v) is 15.2. The van der Waals surface area contributed by atoms with Crippen LogP contribution in [0.2, 0.25) is 0 Å². The summed E-state index contributed by atoms with van der Waals surface area (Å²) in [6, 6.07) is 18.2. The van der Waals surface area contributed by atoms with Gasteiger partial charge >= 0.3 is 5.97 Å². The van der Waals surface area contributed by atoms with Crippen LogP contribution in [0.25, 0.3) is 0 Å². The van der Waals surface area contributed by atoms with E-state index in [0.717, 1.165) is 23.2 Å². The summed E-state index contributed by atoms with van der Waals surface area (Å²) in [5.41, 5.74) is 2.93. The molecule has 0 radical (unpaired) electrons. The Bertz CT molecular complexity index is 919. The third kappa shape index (κ3) is 3.83. The number of aryl methyl sites for hydroxylation is 1. The standard InChI is InChI=1S/C21H19NO3S/c1-2-16-8-3-4-10-18(16)22(20(23)19-11-6-12-26-19)14-15-7-5-9-17(13-15)21(24)25/h3-13H,2,14H2,1H3,(H,24,25). The van der Waals surface area contributed by atoms with Crippen molar-refractivity contribution in [1.82, 2.24) is 0 Å². The third-order valence-corrected chi connectivity index (χ3v) is 5.01. The average molecular weight is 365 g/mol. The summed E-state index contributed by atoms with van der Waals surface area (Å²) < 4.78 is 0. The minimum absolute atomic E-state index is 0.0818. The highest BCUT2D eigenvalue weighted by molar-refractivity contribution is 7.12. The molecule has 0 unspecified atom stereocenters. The monoisotopic (exact) mass is 365 g/mol. The topological polar surface area (TPSA) is 57.6 Å². The summed E-state index contributed by atoms with van der Waals surface area (Å²) in [4.78, 5) is 26.8. The van der Waals surface area contributed by atoms with Crippen LogP contribution in [-0.2, 0) is 13.0 Å². The van der Waals surface area contributed by atoms with Crippen molar-refractivity contribution in [1.29, 1.82) is 0 Å². The molecule has 1 N–H and O–H groups in total. The highest BCUT2D eigenvalue weighted by Gasteiger charge is 2.21. The van der Waals surface area contributed by atoms with Crippen LogP contribution in [0.1, 0.15) is 38.1 Å². The first kappa shape index (κ1) is 17.9. The molecule has 1 aromatic heterocycles. The van der Waals surface area contributed by atoms with E-state index in [9.17, 15) is 14.7 Å². The largest absolute Gasteiger partial charge is 0.478 e. The van der Waals surface area contributed by atoms with Gasteiger partial charge in [0.25, 0.3) is 5.91 Å². The van der Waals surface area contributed by atoms with E-state index < -0.39 is 5.97 Å². The lowest BCUT2D eigenvalue weighted by molar-refractivity contribution is 0.0696. The van der Waals surface area contributed by atoms with E-state index in [2.05, 4.69) is 6.92 Å². The van der Waals surface area contributed by atoms with Gasteiger partial charge in [0.2, 0.25) is 0 Å². The van der Waals surface area contributed by atoms with Crippen molar-refractivity contribution in [3.8, 4) is 0 Å². The summed E-state index contributed by atoms with van der Waals surface area (Å²) in [5, 5.41) is 11.1. The molecule has 0 aliphatic rings. The number of carboxylic acid groups (broad SMARTS) is 1. The van der Waals surface area contributed by atoms with Gasteiger partial charge in [0.1, 0.15) is 0 Å². The highest BCUT2D eigenvalue weighted by Crippen LogP contribution is 2.26. The van der Waals surface area contributed by atoms with E-state index in [4.69, 9.17) is 0 Å². The number of hydrogen-bond acceptors (Lipinski definition) is 3. The van der Waals surface area contributed by atoms with Crippen molar-refractivity contribution in [2.75, 3.05) is 4.90 Å². The minimum Gasteiger partial charge on any atom is -0.478 e. The third-order valence-electron chi connectivity index (χ3n) is 4.16.